The number of hydrogen-bond donors (Lipinski definition) is 2. The number of aromatic amines is 1. The first-order valence-electron chi connectivity index (χ1n) is 13.4. The Bertz CT molecular complexity index is 1240. The number of halogens is 2. The Morgan fingerprint density at radius 2 is 1.97 bits per heavy atom. The summed E-state index contributed by atoms with van der Waals surface area (Å²) < 4.78 is 26.3. The van der Waals surface area contributed by atoms with Crippen molar-refractivity contribution in [2.24, 2.45) is 11.8 Å². The number of carbonyl (C=O) groups is 1. The zero-order chi connectivity index (χ0) is 26.3. The Balaban J connectivity index is 1.24. The molecule has 1 saturated heterocycles. The molecule has 1 aliphatic heterocycles. The number of nitrogens with zero attached hydrogens (tertiary/aromatic N) is 3. The van der Waals surface area contributed by atoms with Gasteiger partial charge in [0.2, 0.25) is 5.82 Å². The fourth-order valence-electron chi connectivity index (χ4n) is 5.22. The Labute approximate surface area is 226 Å². The predicted octanol–water partition coefficient (Wildman–Crippen LogP) is 6.23. The molecule has 1 aromatic carbocycles. The molecular formula is C28H33ClFN5O3. The van der Waals surface area contributed by atoms with Crippen molar-refractivity contribution in [3.63, 3.8) is 0 Å². The molecule has 0 spiro atoms. The van der Waals surface area contributed by atoms with Crippen molar-refractivity contribution in [2.45, 2.75) is 57.8 Å². The molecule has 38 heavy (non-hydrogen) atoms. The minimum absolute atomic E-state index is 0.0280. The number of rotatable bonds is 9. The summed E-state index contributed by atoms with van der Waals surface area (Å²) in [6.07, 6.45) is 11.1. The maximum atomic E-state index is 14.8. The van der Waals surface area contributed by atoms with Gasteiger partial charge in [0.25, 0.3) is 5.91 Å². The molecule has 0 radical (unpaired) electrons. The van der Waals surface area contributed by atoms with Gasteiger partial charge in [-0.15, -0.1) is 5.10 Å². The molecule has 2 aromatic heterocycles. The monoisotopic (exact) mass is 541 g/mol. The zero-order valence-electron chi connectivity index (χ0n) is 21.3. The highest BCUT2D eigenvalue weighted by Crippen LogP contribution is 2.34. The quantitative estimate of drug-likeness (QED) is 0.333. The van der Waals surface area contributed by atoms with Gasteiger partial charge in [0.15, 0.2) is 0 Å². The molecule has 1 unspecified atom stereocenters. The number of H-pyrrole nitrogens is 1. The van der Waals surface area contributed by atoms with Crippen LogP contribution in [0.4, 0.5) is 10.2 Å². The average Bonchev–Trinajstić information content (AvgIpc) is 3.41. The summed E-state index contributed by atoms with van der Waals surface area (Å²) >= 11 is 6.42. The van der Waals surface area contributed by atoms with E-state index >= 15 is 0 Å². The van der Waals surface area contributed by atoms with Crippen LogP contribution in [-0.4, -0.2) is 45.9 Å². The molecule has 2 aliphatic rings. The second kappa shape index (κ2) is 12.7. The van der Waals surface area contributed by atoms with Gasteiger partial charge in [0.1, 0.15) is 23.2 Å². The van der Waals surface area contributed by atoms with Crippen molar-refractivity contribution in [3.8, 4) is 16.9 Å². The molecule has 3 aromatic rings. The van der Waals surface area contributed by atoms with Gasteiger partial charge in [0, 0.05) is 35.8 Å². The summed E-state index contributed by atoms with van der Waals surface area (Å²) in [5, 5.41) is 9.98. The zero-order valence-corrected chi connectivity index (χ0v) is 22.1. The number of pyridine rings is 1. The lowest BCUT2D eigenvalue weighted by Crippen LogP contribution is -2.19. The minimum Gasteiger partial charge on any atom is -0.494 e. The summed E-state index contributed by atoms with van der Waals surface area (Å²) in [4.78, 5) is 21.2. The van der Waals surface area contributed by atoms with Crippen LogP contribution in [0, 0.1) is 17.7 Å². The van der Waals surface area contributed by atoms with Gasteiger partial charge in [-0.25, -0.2) is 14.4 Å². The molecule has 10 heteroatoms. The van der Waals surface area contributed by atoms with Crippen molar-refractivity contribution in [2.75, 3.05) is 25.1 Å². The van der Waals surface area contributed by atoms with Crippen molar-refractivity contribution in [3.05, 3.63) is 53.0 Å². The van der Waals surface area contributed by atoms with Crippen LogP contribution in [0.2, 0.25) is 5.02 Å². The molecule has 3 heterocycles. The van der Waals surface area contributed by atoms with Crippen molar-refractivity contribution >= 4 is 23.3 Å². The van der Waals surface area contributed by atoms with Gasteiger partial charge in [-0.3, -0.25) is 9.89 Å². The Kier molecular flexibility index (Phi) is 8.86. The molecule has 8 nitrogen and oxygen atoms in total. The Morgan fingerprint density at radius 1 is 1.13 bits per heavy atom. The van der Waals surface area contributed by atoms with Gasteiger partial charge in [0.05, 0.1) is 12.8 Å². The second-order valence-electron chi connectivity index (χ2n) is 10.2. The van der Waals surface area contributed by atoms with Crippen LogP contribution in [-0.2, 0) is 11.2 Å². The van der Waals surface area contributed by atoms with Crippen LogP contribution < -0.4 is 10.1 Å². The maximum absolute atomic E-state index is 14.8. The van der Waals surface area contributed by atoms with E-state index in [2.05, 4.69) is 25.5 Å². The Morgan fingerprint density at radius 3 is 2.79 bits per heavy atom. The largest absolute Gasteiger partial charge is 0.494 e. The Hall–Kier alpha value is -3.04. The van der Waals surface area contributed by atoms with Crippen molar-refractivity contribution in [1.29, 1.82) is 0 Å². The van der Waals surface area contributed by atoms with Gasteiger partial charge < -0.3 is 14.8 Å². The smallest absolute Gasteiger partial charge is 0.296 e. The standard InChI is InChI=1S/C28H33ClFN5O3/c29-23-9-8-20(38-12-10-19-7-4-11-37-17-19)14-21(23)22-15-25(31-16-24(22)30)33-28(36)27-32-26(34-35-27)13-18-5-2-1-3-6-18/h8-9,14-16,18-19H,1-7,10-13,17H2,(H,31,33,36)(H,32,34,35). The van der Waals surface area contributed by atoms with E-state index in [9.17, 15) is 9.18 Å². The van der Waals surface area contributed by atoms with Crippen LogP contribution in [0.1, 0.15) is 67.8 Å². The van der Waals surface area contributed by atoms with Crippen molar-refractivity contribution in [1.82, 2.24) is 20.2 Å². The molecule has 5 rings (SSSR count). The minimum atomic E-state index is -0.561. The molecule has 2 N–H and O–H groups in total. The molecule has 2 fully saturated rings. The average molecular weight is 542 g/mol. The van der Waals surface area contributed by atoms with Gasteiger partial charge >= 0.3 is 0 Å². The lowest BCUT2D eigenvalue weighted by molar-refractivity contribution is 0.0462. The highest BCUT2D eigenvalue weighted by atomic mass is 35.5. The molecular weight excluding hydrogens is 509 g/mol. The van der Waals surface area contributed by atoms with Gasteiger partial charge in [-0.2, -0.15) is 0 Å². The highest BCUT2D eigenvalue weighted by molar-refractivity contribution is 6.33. The number of ether oxygens (including phenoxy) is 2. The number of benzene rings is 1. The summed E-state index contributed by atoms with van der Waals surface area (Å²) in [6, 6.07) is 6.60. The number of amides is 1. The summed E-state index contributed by atoms with van der Waals surface area (Å²) in [5.41, 5.74) is 0.660. The molecule has 1 amide bonds. The molecule has 202 valence electrons. The lowest BCUT2D eigenvalue weighted by Gasteiger charge is -2.22. The van der Waals surface area contributed by atoms with E-state index in [1.54, 1.807) is 18.2 Å². The number of aromatic nitrogens is 4. The van der Waals surface area contributed by atoms with Gasteiger partial charge in [-0.1, -0.05) is 43.7 Å². The van der Waals surface area contributed by atoms with E-state index in [1.165, 1.54) is 38.2 Å². The molecule has 1 saturated carbocycles. The second-order valence-corrected chi connectivity index (χ2v) is 10.6. The van der Waals surface area contributed by atoms with E-state index < -0.39 is 11.7 Å². The third-order valence-electron chi connectivity index (χ3n) is 7.32. The van der Waals surface area contributed by atoms with E-state index in [-0.39, 0.29) is 17.2 Å². The van der Waals surface area contributed by atoms with Crippen LogP contribution in [0.15, 0.2) is 30.5 Å². The van der Waals surface area contributed by atoms with E-state index in [0.29, 0.717) is 40.6 Å². The van der Waals surface area contributed by atoms with E-state index in [4.69, 9.17) is 21.1 Å². The third-order valence-corrected chi connectivity index (χ3v) is 7.65. The SMILES string of the molecule is O=C(Nc1cc(-c2cc(OCCC3CCCOC3)ccc2Cl)c(F)cn1)c1n[nH]c(CC2CCCCC2)n1. The van der Waals surface area contributed by atoms with Crippen LogP contribution in [0.25, 0.3) is 11.1 Å². The van der Waals surface area contributed by atoms with E-state index in [1.807, 2.05) is 0 Å². The van der Waals surface area contributed by atoms with Crippen LogP contribution in [0.5, 0.6) is 5.75 Å². The summed E-state index contributed by atoms with van der Waals surface area (Å²) in [7, 11) is 0. The topological polar surface area (TPSA) is 102 Å². The first-order chi connectivity index (χ1) is 18.5. The fraction of sp³-hybridized carbons (Fsp3) is 0.500. The van der Waals surface area contributed by atoms with E-state index in [0.717, 1.165) is 45.1 Å². The number of hydrogen-bond acceptors (Lipinski definition) is 6. The fourth-order valence-corrected chi connectivity index (χ4v) is 5.44. The number of nitrogens with one attached hydrogen (secondary N) is 2. The molecule has 0 bridgehead atoms. The predicted molar refractivity (Wildman–Crippen MR) is 143 cm³/mol. The summed E-state index contributed by atoms with van der Waals surface area (Å²) in [6.45, 7) is 2.13. The first kappa shape index (κ1) is 26.6. The maximum Gasteiger partial charge on any atom is 0.296 e. The van der Waals surface area contributed by atoms with Crippen LogP contribution in [0.3, 0.4) is 0 Å². The lowest BCUT2D eigenvalue weighted by atomic mass is 9.87. The molecule has 1 aliphatic carbocycles. The summed E-state index contributed by atoms with van der Waals surface area (Å²) in [5.74, 6) is 1.48. The third kappa shape index (κ3) is 6.88. The van der Waals surface area contributed by atoms with Crippen LogP contribution >= 0.6 is 11.6 Å². The number of anilines is 1. The highest BCUT2D eigenvalue weighted by Gasteiger charge is 2.20. The van der Waals surface area contributed by atoms with Gasteiger partial charge in [-0.05, 0) is 55.4 Å². The first-order valence-corrected chi connectivity index (χ1v) is 13.8. The number of carbonyl (C=O) groups excluding carboxylic acids is 1. The normalized spacial score (nSPS) is 18.3. The molecule has 1 atom stereocenters. The van der Waals surface area contributed by atoms with Crippen molar-refractivity contribution < 1.29 is 18.7 Å².